The van der Waals surface area contributed by atoms with Crippen molar-refractivity contribution < 1.29 is 0 Å². The number of rotatable bonds is 4. The van der Waals surface area contributed by atoms with E-state index in [1.54, 1.807) is 0 Å². The van der Waals surface area contributed by atoms with Gasteiger partial charge in [0.15, 0.2) is 0 Å². The van der Waals surface area contributed by atoms with Gasteiger partial charge in [-0.15, -0.1) is 0 Å². The molecular weight excluding hydrogens is 228 g/mol. The molecule has 0 nitrogen and oxygen atoms in total. The minimum absolute atomic E-state index is 0.403. The van der Waals surface area contributed by atoms with E-state index in [1.807, 2.05) is 52.8 Å². The second-order valence-electron chi connectivity index (χ2n) is 3.53. The van der Waals surface area contributed by atoms with Crippen LogP contribution < -0.4 is 0 Å². The summed E-state index contributed by atoms with van der Waals surface area (Å²) in [5.41, 5.74) is 2.58. The average molecular weight is 258 g/mol. The van der Waals surface area contributed by atoms with Crippen molar-refractivity contribution in [3.05, 3.63) is 72.4 Å². The van der Waals surface area contributed by atoms with Crippen LogP contribution in [0.4, 0.5) is 0 Å². The number of hydrogen-bond acceptors (Lipinski definition) is 0. The van der Waals surface area contributed by atoms with Crippen molar-refractivity contribution in [1.82, 2.24) is 0 Å². The molecule has 0 aliphatic rings. The molecule has 0 amide bonds. The van der Waals surface area contributed by atoms with Gasteiger partial charge in [0.1, 0.15) is 0 Å². The van der Waals surface area contributed by atoms with E-state index in [9.17, 15) is 0 Å². The summed E-state index contributed by atoms with van der Waals surface area (Å²) < 4.78 is 0. The van der Waals surface area contributed by atoms with Gasteiger partial charge in [-0.05, 0) is 18.1 Å². The molecule has 0 fully saturated rings. The van der Waals surface area contributed by atoms with Crippen LogP contribution in [-0.2, 0) is 0 Å². The van der Waals surface area contributed by atoms with Crippen LogP contribution >= 0.6 is 0 Å². The van der Waals surface area contributed by atoms with Crippen molar-refractivity contribution in [1.29, 1.82) is 0 Å². The van der Waals surface area contributed by atoms with Crippen LogP contribution in [0.25, 0.3) is 0 Å². The van der Waals surface area contributed by atoms with Crippen molar-refractivity contribution in [2.75, 3.05) is 0 Å². The van der Waals surface area contributed by atoms with Crippen LogP contribution in [0.5, 0.6) is 0 Å². The third kappa shape index (κ3) is 8.20. The first kappa shape index (κ1) is 19.8. The lowest BCUT2D eigenvalue weighted by Gasteiger charge is -2.12. The molecule has 0 heteroatoms. The van der Waals surface area contributed by atoms with Gasteiger partial charge < -0.3 is 0 Å². The molecule has 1 aromatic rings. The second-order valence-corrected chi connectivity index (χ2v) is 3.53. The monoisotopic (exact) mass is 258 g/mol. The minimum Gasteiger partial charge on any atom is -0.0988 e. The Balaban J connectivity index is 0. The van der Waals surface area contributed by atoms with Crippen molar-refractivity contribution >= 4 is 0 Å². The lowest BCUT2D eigenvalue weighted by molar-refractivity contribution is 0.922. The molecule has 1 unspecified atom stereocenters. The Morgan fingerprint density at radius 3 is 2.00 bits per heavy atom. The molecule has 1 atom stereocenters. The van der Waals surface area contributed by atoms with Gasteiger partial charge in [-0.25, -0.2) is 0 Å². The van der Waals surface area contributed by atoms with Crippen molar-refractivity contribution in [2.45, 2.75) is 47.5 Å². The highest BCUT2D eigenvalue weighted by Gasteiger charge is 2.06. The molecule has 0 N–H and O–H groups in total. The van der Waals surface area contributed by atoms with E-state index in [1.165, 1.54) is 11.1 Å². The Kier molecular flexibility index (Phi) is 15.1. The summed E-state index contributed by atoms with van der Waals surface area (Å²) in [5.74, 6) is 0.403. The van der Waals surface area contributed by atoms with Gasteiger partial charge in [0, 0.05) is 5.92 Å². The van der Waals surface area contributed by atoms with E-state index in [4.69, 9.17) is 0 Å². The number of allylic oxidation sites excluding steroid dienone is 5. The predicted molar refractivity (Wildman–Crippen MR) is 90.6 cm³/mol. The van der Waals surface area contributed by atoms with Crippen molar-refractivity contribution in [3.8, 4) is 0 Å². The molecule has 1 aromatic carbocycles. The molecule has 0 saturated heterocycles. The maximum absolute atomic E-state index is 3.86. The normalized spacial score (nSPS) is 11.8. The Morgan fingerprint density at radius 1 is 1.05 bits per heavy atom. The number of hydrogen-bond donors (Lipinski definition) is 0. The second kappa shape index (κ2) is 14.5. The van der Waals surface area contributed by atoms with E-state index in [0.717, 1.165) is 0 Å². The highest BCUT2D eigenvalue weighted by atomic mass is 14.1. The maximum atomic E-state index is 3.86. The highest BCUT2D eigenvalue weighted by molar-refractivity contribution is 5.35. The first-order chi connectivity index (χ1) is 9.29. The summed E-state index contributed by atoms with van der Waals surface area (Å²) in [4.78, 5) is 0. The molecule has 106 valence electrons. The lowest BCUT2D eigenvalue weighted by atomic mass is 9.92. The molecule has 0 spiro atoms. The van der Waals surface area contributed by atoms with Crippen LogP contribution in [0.3, 0.4) is 0 Å². The molecule has 0 aliphatic carbocycles. The van der Waals surface area contributed by atoms with Gasteiger partial charge in [0.2, 0.25) is 0 Å². The van der Waals surface area contributed by atoms with Crippen molar-refractivity contribution in [3.63, 3.8) is 0 Å². The lowest BCUT2D eigenvalue weighted by Crippen LogP contribution is -1.95. The van der Waals surface area contributed by atoms with Crippen molar-refractivity contribution in [2.24, 2.45) is 0 Å². The zero-order chi connectivity index (χ0) is 15.1. The van der Waals surface area contributed by atoms with Crippen LogP contribution in [0.15, 0.2) is 66.8 Å². The highest BCUT2D eigenvalue weighted by Crippen LogP contribution is 2.24. The summed E-state index contributed by atoms with van der Waals surface area (Å²) >= 11 is 0. The number of benzene rings is 1. The van der Waals surface area contributed by atoms with Gasteiger partial charge in [-0.1, -0.05) is 95.8 Å². The fraction of sp³-hybridized carbons (Fsp3) is 0.368. The fourth-order valence-corrected chi connectivity index (χ4v) is 1.53. The molecule has 0 aliphatic heterocycles. The van der Waals surface area contributed by atoms with Gasteiger partial charge in [-0.3, -0.25) is 0 Å². The van der Waals surface area contributed by atoms with Gasteiger partial charge >= 0.3 is 0 Å². The first-order valence-electron chi connectivity index (χ1n) is 7.29. The summed E-state index contributed by atoms with van der Waals surface area (Å²) in [6.45, 7) is 16.1. The third-order valence-electron chi connectivity index (χ3n) is 2.52. The zero-order valence-corrected chi connectivity index (χ0v) is 13.5. The summed E-state index contributed by atoms with van der Waals surface area (Å²) in [5, 5.41) is 0. The molecule has 0 saturated carbocycles. The Hall–Kier alpha value is -1.56. The zero-order valence-electron chi connectivity index (χ0n) is 13.5. The Bertz CT molecular complexity index is 355. The molecule has 0 heterocycles. The van der Waals surface area contributed by atoms with E-state index in [-0.39, 0.29) is 0 Å². The maximum Gasteiger partial charge on any atom is 0.00607 e. The standard InChI is InChI=1S/C15H18.2C2H6/c1-4-6-10-14(5-2)13(3)15-11-8-7-9-12-15;2*1-2/h4-13H,2H2,1,3H3;2*1-2H3/b6-4-,14-10+;;. The molecule has 0 radical (unpaired) electrons. The largest absolute Gasteiger partial charge is 0.0988 e. The average Bonchev–Trinajstić information content (AvgIpc) is 2.52. The summed E-state index contributed by atoms with van der Waals surface area (Å²) in [6.07, 6.45) is 8.12. The van der Waals surface area contributed by atoms with Crippen LogP contribution in [0.2, 0.25) is 0 Å². The fourth-order valence-electron chi connectivity index (χ4n) is 1.53. The topological polar surface area (TPSA) is 0 Å². The van der Waals surface area contributed by atoms with Crippen LogP contribution in [0.1, 0.15) is 53.0 Å². The van der Waals surface area contributed by atoms with Gasteiger partial charge in [0.25, 0.3) is 0 Å². The molecule has 19 heavy (non-hydrogen) atoms. The summed E-state index contributed by atoms with van der Waals surface area (Å²) in [6, 6.07) is 10.5. The van der Waals surface area contributed by atoms with E-state index in [0.29, 0.717) is 5.92 Å². The Morgan fingerprint density at radius 2 is 1.58 bits per heavy atom. The van der Waals surface area contributed by atoms with Crippen LogP contribution in [-0.4, -0.2) is 0 Å². The molecule has 1 rings (SSSR count). The van der Waals surface area contributed by atoms with E-state index in [2.05, 4.69) is 49.9 Å². The van der Waals surface area contributed by atoms with E-state index < -0.39 is 0 Å². The minimum atomic E-state index is 0.403. The quantitative estimate of drug-likeness (QED) is 0.538. The first-order valence-corrected chi connectivity index (χ1v) is 7.29. The van der Waals surface area contributed by atoms with Gasteiger partial charge in [-0.2, -0.15) is 0 Å². The SMILES string of the molecule is C=C/C(=C\C=C/C)C(C)c1ccccc1.CC.CC. The van der Waals surface area contributed by atoms with E-state index >= 15 is 0 Å². The summed E-state index contributed by atoms with van der Waals surface area (Å²) in [7, 11) is 0. The Labute approximate surface area is 120 Å². The smallest absolute Gasteiger partial charge is 0.00607 e. The molecule has 0 aromatic heterocycles. The molecule has 0 bridgehead atoms. The predicted octanol–water partition coefficient (Wildman–Crippen LogP) is 6.53. The third-order valence-corrected chi connectivity index (χ3v) is 2.52. The van der Waals surface area contributed by atoms with Crippen LogP contribution in [0, 0.1) is 0 Å². The molecular formula is C19H30. The van der Waals surface area contributed by atoms with Gasteiger partial charge in [0.05, 0.1) is 0 Å².